The van der Waals surface area contributed by atoms with Crippen LogP contribution >= 0.6 is 10.0 Å². The number of benzene rings is 1. The van der Waals surface area contributed by atoms with E-state index in [9.17, 15) is 0 Å². The highest BCUT2D eigenvalue weighted by Gasteiger charge is 2.23. The molecule has 1 N–H and O–H groups in total. The van der Waals surface area contributed by atoms with Gasteiger partial charge in [-0.3, -0.25) is 4.98 Å². The fourth-order valence-corrected chi connectivity index (χ4v) is 5.36. The number of nitrogens with zero attached hydrogens (tertiary/aromatic N) is 7. The first kappa shape index (κ1) is 30.0. The number of rotatable bonds is 12. The van der Waals surface area contributed by atoms with E-state index < -0.39 is 16.0 Å². The van der Waals surface area contributed by atoms with Crippen molar-refractivity contribution in [2.45, 2.75) is 32.5 Å². The molecule has 226 valence electrons. The largest absolute Gasteiger partial charge is 0.490 e. The second-order valence-corrected chi connectivity index (χ2v) is 16.3. The maximum atomic E-state index is 15.4. The van der Waals surface area contributed by atoms with Crippen LogP contribution in [0.15, 0.2) is 42.7 Å². The minimum Gasteiger partial charge on any atom is -0.490 e. The molecular weight excluding hydrogens is 555 g/mol. The van der Waals surface area contributed by atoms with E-state index in [4.69, 9.17) is 14.5 Å². The van der Waals surface area contributed by atoms with Crippen LogP contribution in [-0.4, -0.2) is 91.8 Å². The summed E-state index contributed by atoms with van der Waals surface area (Å²) in [5.41, 5.74) is 3.53. The smallest absolute Gasteiger partial charge is 0.226 e. The van der Waals surface area contributed by atoms with Crippen molar-refractivity contribution in [2.24, 2.45) is 7.05 Å². The van der Waals surface area contributed by atoms with Crippen molar-refractivity contribution in [1.29, 1.82) is 0 Å². The van der Waals surface area contributed by atoms with Crippen molar-refractivity contribution < 1.29 is 13.9 Å². The first-order valence-corrected chi connectivity index (χ1v) is 17.1. The Balaban J connectivity index is 1.38. The van der Waals surface area contributed by atoms with Crippen LogP contribution in [-0.2, 0) is 18.5 Å². The van der Waals surface area contributed by atoms with Crippen LogP contribution in [0.3, 0.4) is 0 Å². The maximum Gasteiger partial charge on any atom is 0.226 e. The number of likely N-dealkylation sites (N-methyl/N-ethyl adjacent to an activating group) is 1. The molecule has 1 aliphatic heterocycles. The summed E-state index contributed by atoms with van der Waals surface area (Å²) in [6.07, 6.45) is 12.2. The molecule has 0 bridgehead atoms. The van der Waals surface area contributed by atoms with Crippen molar-refractivity contribution >= 4 is 21.7 Å². The van der Waals surface area contributed by atoms with Gasteiger partial charge in [0, 0.05) is 36.3 Å². The lowest BCUT2D eigenvalue weighted by Crippen LogP contribution is -2.30. The van der Waals surface area contributed by atoms with Gasteiger partial charge in [0.15, 0.2) is 5.82 Å². The predicted molar refractivity (Wildman–Crippen MR) is 167 cm³/mol. The minimum absolute atomic E-state index is 0.0728. The summed E-state index contributed by atoms with van der Waals surface area (Å²) in [6.45, 7) is 4.17. The molecule has 1 atom stereocenters. The van der Waals surface area contributed by atoms with E-state index in [-0.39, 0.29) is 6.73 Å². The molecular formula is C30H41FN8O2S. The number of aryl methyl sites for hydroxylation is 2. The summed E-state index contributed by atoms with van der Waals surface area (Å²) in [6, 6.07) is 9.80. The Kier molecular flexibility index (Phi) is 9.14. The van der Waals surface area contributed by atoms with E-state index in [1.165, 1.54) is 10.9 Å². The molecule has 1 aromatic carbocycles. The van der Waals surface area contributed by atoms with Crippen molar-refractivity contribution in [3.63, 3.8) is 0 Å². The number of aromatic nitrogens is 6. The molecule has 3 aromatic heterocycles. The normalized spacial score (nSPS) is 16.2. The lowest BCUT2D eigenvalue weighted by Gasteiger charge is -2.24. The zero-order valence-electron chi connectivity index (χ0n) is 25.3. The molecule has 1 saturated heterocycles. The molecule has 0 saturated carbocycles. The second-order valence-electron chi connectivity index (χ2n) is 11.7. The molecule has 0 spiro atoms. The molecule has 4 aromatic rings. The van der Waals surface area contributed by atoms with E-state index in [0.29, 0.717) is 53.6 Å². The van der Waals surface area contributed by atoms with Gasteiger partial charge in [0.05, 0.1) is 24.1 Å². The molecule has 0 amide bonds. The molecule has 1 aliphatic rings. The molecule has 10 nitrogen and oxygen atoms in total. The van der Waals surface area contributed by atoms with Crippen LogP contribution in [0.25, 0.3) is 22.5 Å². The average molecular weight is 597 g/mol. The van der Waals surface area contributed by atoms with Crippen molar-refractivity contribution in [1.82, 2.24) is 34.4 Å². The fraction of sp³-hybridized carbons (Fsp3) is 0.467. The van der Waals surface area contributed by atoms with Crippen molar-refractivity contribution in [3.05, 3.63) is 54.4 Å². The summed E-state index contributed by atoms with van der Waals surface area (Å²) in [5, 5.41) is 12.2. The molecule has 0 radical (unpaired) electrons. The first-order chi connectivity index (χ1) is 20.1. The molecule has 0 aliphatic carbocycles. The Labute approximate surface area is 248 Å². The topological polar surface area (TPSA) is 95.2 Å². The SMILES string of the molecule is Cc1ccc(-c2nc(Nc3ccc(-c4cnn(COCCS(C)(C)C)c4F)cc3OCC3CCCN3C)n(C)n2)cn1. The van der Waals surface area contributed by atoms with Gasteiger partial charge < -0.3 is 19.7 Å². The molecule has 1 fully saturated rings. The van der Waals surface area contributed by atoms with Gasteiger partial charge in [-0.15, -0.1) is 5.10 Å². The summed E-state index contributed by atoms with van der Waals surface area (Å²) in [5.74, 6) is 2.24. The van der Waals surface area contributed by atoms with Gasteiger partial charge >= 0.3 is 0 Å². The number of halogens is 1. The third-order valence-electron chi connectivity index (χ3n) is 7.40. The molecule has 12 heteroatoms. The highest BCUT2D eigenvalue weighted by molar-refractivity contribution is 8.32. The summed E-state index contributed by atoms with van der Waals surface area (Å²) in [7, 11) is 3.27. The van der Waals surface area contributed by atoms with E-state index in [1.54, 1.807) is 10.9 Å². The van der Waals surface area contributed by atoms with E-state index in [1.807, 2.05) is 44.3 Å². The van der Waals surface area contributed by atoms with Gasteiger partial charge in [0.25, 0.3) is 0 Å². The standard InChI is InChI=1S/C30H41FN8O2S/c1-21-9-10-23(17-32-21)29-35-30(38(3)36-29)34-26-12-11-22(16-27(26)41-19-24-8-7-13-37(24)2)25-18-33-39(28(25)31)20-40-14-15-42(4,5)6/h9-12,16-18,24H,7-8,13-15,19-20H2,1-6H3,(H,34,35,36). The lowest BCUT2D eigenvalue weighted by atomic mass is 10.1. The van der Waals surface area contributed by atoms with Crippen LogP contribution in [0.4, 0.5) is 16.0 Å². The summed E-state index contributed by atoms with van der Waals surface area (Å²) >= 11 is 0. The van der Waals surface area contributed by atoms with Gasteiger partial charge in [0.2, 0.25) is 11.9 Å². The Morgan fingerprint density at radius 1 is 1.10 bits per heavy atom. The van der Waals surface area contributed by atoms with E-state index in [0.717, 1.165) is 36.4 Å². The van der Waals surface area contributed by atoms with Crippen LogP contribution in [0, 0.1) is 12.9 Å². The highest BCUT2D eigenvalue weighted by Crippen LogP contribution is 2.35. The van der Waals surface area contributed by atoms with Gasteiger partial charge in [-0.1, -0.05) is 6.07 Å². The Morgan fingerprint density at radius 2 is 1.90 bits per heavy atom. The number of nitrogens with one attached hydrogen (secondary N) is 1. The van der Waals surface area contributed by atoms with E-state index in [2.05, 4.69) is 51.2 Å². The van der Waals surface area contributed by atoms with E-state index >= 15 is 4.39 Å². The number of pyridine rings is 1. The van der Waals surface area contributed by atoms with Gasteiger partial charge in [-0.2, -0.15) is 14.5 Å². The summed E-state index contributed by atoms with van der Waals surface area (Å²) in [4.78, 5) is 11.4. The zero-order valence-corrected chi connectivity index (χ0v) is 26.1. The van der Waals surface area contributed by atoms with Crippen molar-refractivity contribution in [3.8, 4) is 28.3 Å². The number of anilines is 2. The number of likely N-dealkylation sites (tertiary alicyclic amines) is 1. The summed E-state index contributed by atoms with van der Waals surface area (Å²) < 4.78 is 30.5. The highest BCUT2D eigenvalue weighted by atomic mass is 32.3. The third kappa shape index (κ3) is 7.29. The van der Waals surface area contributed by atoms with Crippen LogP contribution < -0.4 is 10.1 Å². The predicted octanol–water partition coefficient (Wildman–Crippen LogP) is 5.07. The maximum absolute atomic E-state index is 15.4. The quantitative estimate of drug-likeness (QED) is 0.227. The zero-order chi connectivity index (χ0) is 29.9. The van der Waals surface area contributed by atoms with Crippen LogP contribution in [0.5, 0.6) is 5.75 Å². The van der Waals surface area contributed by atoms with Crippen molar-refractivity contribution in [2.75, 3.05) is 56.6 Å². The van der Waals surface area contributed by atoms with Crippen LogP contribution in [0.1, 0.15) is 18.5 Å². The minimum atomic E-state index is -0.674. The second kappa shape index (κ2) is 12.8. The molecule has 1 unspecified atom stereocenters. The Hall–Kier alpha value is -3.48. The Bertz CT molecular complexity index is 1500. The fourth-order valence-electron chi connectivity index (χ4n) is 4.74. The molecule has 42 heavy (non-hydrogen) atoms. The molecule has 5 rings (SSSR count). The number of hydrogen-bond donors (Lipinski definition) is 1. The molecule has 4 heterocycles. The monoisotopic (exact) mass is 596 g/mol. The van der Waals surface area contributed by atoms with Gasteiger partial charge in [-0.25, -0.2) is 19.4 Å². The first-order valence-electron chi connectivity index (χ1n) is 14.1. The number of hydrogen-bond acceptors (Lipinski definition) is 8. The van der Waals surface area contributed by atoms with Crippen LogP contribution in [0.2, 0.25) is 0 Å². The number of ether oxygens (including phenoxy) is 2. The lowest BCUT2D eigenvalue weighted by molar-refractivity contribution is 0.0722. The van der Waals surface area contributed by atoms with Gasteiger partial charge in [-0.05, 0) is 82.0 Å². The average Bonchev–Trinajstić information content (AvgIpc) is 3.64. The van der Waals surface area contributed by atoms with Gasteiger partial charge in [0.1, 0.15) is 19.1 Å². The third-order valence-corrected chi connectivity index (χ3v) is 8.79. The Morgan fingerprint density at radius 3 is 2.62 bits per heavy atom.